The Hall–Kier alpha value is -2.30. The molecule has 0 amide bonds. The molecule has 1 unspecified atom stereocenters. The summed E-state index contributed by atoms with van der Waals surface area (Å²) in [5.41, 5.74) is 3.79. The van der Waals surface area contributed by atoms with Gasteiger partial charge in [0.05, 0.1) is 18.8 Å². The highest BCUT2D eigenvalue weighted by Crippen LogP contribution is 2.13. The fraction of sp³-hybridized carbons (Fsp3) is 0.444. The lowest BCUT2D eigenvalue weighted by Gasteiger charge is -2.18. The molecule has 1 atom stereocenters. The molecule has 0 bridgehead atoms. The Morgan fingerprint density at radius 1 is 1.30 bits per heavy atom. The van der Waals surface area contributed by atoms with Crippen LogP contribution in [0.15, 0.2) is 41.7 Å². The second-order valence-corrected chi connectivity index (χ2v) is 5.74. The van der Waals surface area contributed by atoms with Gasteiger partial charge in [0.15, 0.2) is 5.96 Å². The number of aromatic nitrogens is 2. The average molecular weight is 313 g/mol. The Balaban J connectivity index is 1.83. The fourth-order valence-electron chi connectivity index (χ4n) is 2.40. The lowest BCUT2D eigenvalue weighted by Crippen LogP contribution is -2.40. The van der Waals surface area contributed by atoms with Gasteiger partial charge < -0.3 is 10.6 Å². The Labute approximate surface area is 138 Å². The SMILES string of the molecule is CCc1ccc(C(C)NC(=NC)NCCn2cc(C)cn2)cc1. The summed E-state index contributed by atoms with van der Waals surface area (Å²) in [5, 5.41) is 11.0. The van der Waals surface area contributed by atoms with E-state index in [1.54, 1.807) is 7.05 Å². The number of rotatable bonds is 6. The molecular formula is C18H27N5. The summed E-state index contributed by atoms with van der Waals surface area (Å²) in [6, 6.07) is 8.93. The third-order valence-electron chi connectivity index (χ3n) is 3.86. The third-order valence-corrected chi connectivity index (χ3v) is 3.86. The van der Waals surface area contributed by atoms with Crippen molar-refractivity contribution in [2.24, 2.45) is 4.99 Å². The highest BCUT2D eigenvalue weighted by Gasteiger charge is 2.07. The molecule has 0 aliphatic rings. The Kier molecular flexibility index (Phi) is 6.20. The van der Waals surface area contributed by atoms with Crippen LogP contribution in [0.1, 0.15) is 36.6 Å². The molecule has 1 aromatic carbocycles. The van der Waals surface area contributed by atoms with Gasteiger partial charge in [-0.1, -0.05) is 31.2 Å². The molecule has 23 heavy (non-hydrogen) atoms. The van der Waals surface area contributed by atoms with Crippen LogP contribution in [0, 0.1) is 6.92 Å². The summed E-state index contributed by atoms with van der Waals surface area (Å²) in [7, 11) is 1.79. The lowest BCUT2D eigenvalue weighted by atomic mass is 10.1. The van der Waals surface area contributed by atoms with E-state index in [-0.39, 0.29) is 6.04 Å². The van der Waals surface area contributed by atoms with Crippen molar-refractivity contribution in [2.75, 3.05) is 13.6 Å². The smallest absolute Gasteiger partial charge is 0.191 e. The Morgan fingerprint density at radius 2 is 2.04 bits per heavy atom. The molecule has 1 heterocycles. The Morgan fingerprint density at radius 3 is 2.61 bits per heavy atom. The summed E-state index contributed by atoms with van der Waals surface area (Å²) < 4.78 is 1.93. The van der Waals surface area contributed by atoms with Crippen LogP contribution in [0.3, 0.4) is 0 Å². The minimum absolute atomic E-state index is 0.207. The van der Waals surface area contributed by atoms with Crippen LogP contribution in [0.2, 0.25) is 0 Å². The van der Waals surface area contributed by atoms with Gasteiger partial charge in [-0.3, -0.25) is 9.67 Å². The zero-order valence-electron chi connectivity index (χ0n) is 14.5. The fourth-order valence-corrected chi connectivity index (χ4v) is 2.40. The highest BCUT2D eigenvalue weighted by molar-refractivity contribution is 5.80. The van der Waals surface area contributed by atoms with Gasteiger partial charge in [0, 0.05) is 19.8 Å². The van der Waals surface area contributed by atoms with Gasteiger partial charge in [0.1, 0.15) is 0 Å². The van der Waals surface area contributed by atoms with Crippen molar-refractivity contribution in [1.82, 2.24) is 20.4 Å². The molecule has 124 valence electrons. The summed E-state index contributed by atoms with van der Waals surface area (Å²) in [5.74, 6) is 0.806. The molecule has 0 fully saturated rings. The van der Waals surface area contributed by atoms with E-state index in [4.69, 9.17) is 0 Å². The number of nitrogens with one attached hydrogen (secondary N) is 2. The van der Waals surface area contributed by atoms with E-state index in [2.05, 4.69) is 58.8 Å². The second kappa shape index (κ2) is 8.36. The number of guanidine groups is 1. The van der Waals surface area contributed by atoms with E-state index < -0.39 is 0 Å². The van der Waals surface area contributed by atoms with E-state index in [1.165, 1.54) is 16.7 Å². The number of hydrogen-bond donors (Lipinski definition) is 2. The van der Waals surface area contributed by atoms with Crippen LogP contribution in [-0.4, -0.2) is 29.3 Å². The first-order chi connectivity index (χ1) is 11.1. The van der Waals surface area contributed by atoms with E-state index in [9.17, 15) is 0 Å². The lowest BCUT2D eigenvalue weighted by molar-refractivity contribution is 0.591. The average Bonchev–Trinajstić information content (AvgIpc) is 2.99. The molecule has 2 rings (SSSR count). The predicted molar refractivity (Wildman–Crippen MR) is 95.7 cm³/mol. The molecule has 5 heteroatoms. The van der Waals surface area contributed by atoms with E-state index in [0.29, 0.717) is 0 Å². The van der Waals surface area contributed by atoms with Crippen LogP contribution in [0.5, 0.6) is 0 Å². The zero-order valence-corrected chi connectivity index (χ0v) is 14.5. The molecule has 0 aliphatic heterocycles. The monoisotopic (exact) mass is 313 g/mol. The maximum atomic E-state index is 4.29. The van der Waals surface area contributed by atoms with Gasteiger partial charge >= 0.3 is 0 Å². The minimum atomic E-state index is 0.207. The van der Waals surface area contributed by atoms with Gasteiger partial charge in [-0.25, -0.2) is 0 Å². The number of aryl methyl sites for hydroxylation is 2. The molecular weight excluding hydrogens is 286 g/mol. The number of aliphatic imine (C=N–C) groups is 1. The second-order valence-electron chi connectivity index (χ2n) is 5.74. The molecule has 2 N–H and O–H groups in total. The molecule has 1 aromatic heterocycles. The molecule has 0 saturated carbocycles. The van der Waals surface area contributed by atoms with Gasteiger partial charge in [0.2, 0.25) is 0 Å². The van der Waals surface area contributed by atoms with Crippen LogP contribution >= 0.6 is 0 Å². The number of benzene rings is 1. The predicted octanol–water partition coefficient (Wildman–Crippen LogP) is 2.68. The molecule has 0 saturated heterocycles. The van der Waals surface area contributed by atoms with E-state index >= 15 is 0 Å². The largest absolute Gasteiger partial charge is 0.355 e. The molecule has 0 aliphatic carbocycles. The van der Waals surface area contributed by atoms with Crippen molar-refractivity contribution in [3.05, 3.63) is 53.3 Å². The van der Waals surface area contributed by atoms with Crippen LogP contribution in [0.4, 0.5) is 0 Å². The summed E-state index contributed by atoms with van der Waals surface area (Å²) >= 11 is 0. The number of hydrogen-bond acceptors (Lipinski definition) is 2. The van der Waals surface area contributed by atoms with Crippen LogP contribution in [0.25, 0.3) is 0 Å². The van der Waals surface area contributed by atoms with Crippen molar-refractivity contribution in [3.63, 3.8) is 0 Å². The van der Waals surface area contributed by atoms with Crippen molar-refractivity contribution < 1.29 is 0 Å². The van der Waals surface area contributed by atoms with Crippen molar-refractivity contribution in [1.29, 1.82) is 0 Å². The van der Waals surface area contributed by atoms with Gasteiger partial charge in [-0.05, 0) is 37.0 Å². The summed E-state index contributed by atoms with van der Waals surface area (Å²) in [6.45, 7) is 7.95. The summed E-state index contributed by atoms with van der Waals surface area (Å²) in [6.07, 6.45) is 4.98. The molecule has 0 spiro atoms. The van der Waals surface area contributed by atoms with Gasteiger partial charge in [-0.2, -0.15) is 5.10 Å². The first kappa shape index (κ1) is 17.1. The summed E-state index contributed by atoms with van der Waals surface area (Å²) in [4.78, 5) is 4.29. The molecule has 0 radical (unpaired) electrons. The van der Waals surface area contributed by atoms with Crippen molar-refractivity contribution in [3.8, 4) is 0 Å². The normalized spacial score (nSPS) is 13.0. The van der Waals surface area contributed by atoms with Crippen LogP contribution in [-0.2, 0) is 13.0 Å². The molecule has 5 nitrogen and oxygen atoms in total. The van der Waals surface area contributed by atoms with Crippen molar-refractivity contribution in [2.45, 2.75) is 39.8 Å². The number of nitrogens with zero attached hydrogens (tertiary/aromatic N) is 3. The standard InChI is InChI=1S/C18H27N5/c1-5-16-6-8-17(9-7-16)15(3)22-18(19-4)20-10-11-23-13-14(2)12-21-23/h6-9,12-13,15H,5,10-11H2,1-4H3,(H2,19,20,22). The topological polar surface area (TPSA) is 54.2 Å². The zero-order chi connectivity index (χ0) is 16.7. The first-order valence-electron chi connectivity index (χ1n) is 8.17. The maximum absolute atomic E-state index is 4.29. The third kappa shape index (κ3) is 5.13. The first-order valence-corrected chi connectivity index (χ1v) is 8.17. The quantitative estimate of drug-likeness (QED) is 0.637. The molecule has 2 aromatic rings. The van der Waals surface area contributed by atoms with Crippen LogP contribution < -0.4 is 10.6 Å². The highest BCUT2D eigenvalue weighted by atomic mass is 15.3. The Bertz CT molecular complexity index is 627. The van der Waals surface area contributed by atoms with E-state index in [0.717, 1.165) is 25.5 Å². The maximum Gasteiger partial charge on any atom is 0.191 e. The van der Waals surface area contributed by atoms with E-state index in [1.807, 2.05) is 24.0 Å². The van der Waals surface area contributed by atoms with Gasteiger partial charge in [0.25, 0.3) is 0 Å². The van der Waals surface area contributed by atoms with Crippen molar-refractivity contribution >= 4 is 5.96 Å². The minimum Gasteiger partial charge on any atom is -0.355 e. The van der Waals surface area contributed by atoms with Gasteiger partial charge in [-0.15, -0.1) is 0 Å².